The maximum absolute atomic E-state index is 11.0. The molecule has 0 fully saturated rings. The van der Waals surface area contributed by atoms with Gasteiger partial charge in [0, 0.05) is 23.1 Å². The average molecular weight is 284 g/mol. The van der Waals surface area contributed by atoms with Gasteiger partial charge in [-0.2, -0.15) is 5.10 Å². The van der Waals surface area contributed by atoms with Crippen molar-refractivity contribution in [2.75, 3.05) is 0 Å². The summed E-state index contributed by atoms with van der Waals surface area (Å²) in [6, 6.07) is 7.30. The molecule has 0 amide bonds. The smallest absolute Gasteiger partial charge is 0.335 e. The number of hydrogen-bond acceptors (Lipinski definition) is 3. The van der Waals surface area contributed by atoms with Crippen molar-refractivity contribution in [1.82, 2.24) is 19.3 Å². The molecule has 0 radical (unpaired) electrons. The highest BCUT2D eigenvalue weighted by Gasteiger charge is 2.11. The van der Waals surface area contributed by atoms with Crippen molar-refractivity contribution in [2.45, 2.75) is 26.4 Å². The second-order valence-electron chi connectivity index (χ2n) is 5.24. The van der Waals surface area contributed by atoms with Crippen molar-refractivity contribution in [3.8, 4) is 0 Å². The van der Waals surface area contributed by atoms with E-state index in [1.807, 2.05) is 27.6 Å². The van der Waals surface area contributed by atoms with Crippen LogP contribution in [0.15, 0.2) is 36.8 Å². The Morgan fingerprint density at radius 2 is 2.14 bits per heavy atom. The van der Waals surface area contributed by atoms with Gasteiger partial charge in [0.05, 0.1) is 12.1 Å². The average Bonchev–Trinajstić information content (AvgIpc) is 3.06. The molecule has 3 rings (SSSR count). The van der Waals surface area contributed by atoms with E-state index in [9.17, 15) is 4.79 Å². The largest absolute Gasteiger partial charge is 0.478 e. The number of nitrogens with zero attached hydrogens (tertiary/aromatic N) is 4. The zero-order valence-corrected chi connectivity index (χ0v) is 11.9. The number of carboxylic acids is 1. The first-order chi connectivity index (χ1) is 10.1. The summed E-state index contributed by atoms with van der Waals surface area (Å²) >= 11 is 0. The number of aromatic nitrogens is 4. The van der Waals surface area contributed by atoms with Crippen molar-refractivity contribution in [3.05, 3.63) is 48.2 Å². The van der Waals surface area contributed by atoms with Gasteiger partial charge in [-0.05, 0) is 38.1 Å². The lowest BCUT2D eigenvalue weighted by Gasteiger charge is -2.10. The Balaban J connectivity index is 1.98. The number of hydrogen-bond donors (Lipinski definition) is 1. The molecule has 1 N–H and O–H groups in total. The predicted molar refractivity (Wildman–Crippen MR) is 78.4 cm³/mol. The maximum atomic E-state index is 11.0. The van der Waals surface area contributed by atoms with Crippen LogP contribution in [0, 0.1) is 0 Å². The molecule has 3 aromatic rings. The van der Waals surface area contributed by atoms with Crippen LogP contribution in [0.4, 0.5) is 0 Å². The first-order valence-electron chi connectivity index (χ1n) is 6.77. The Morgan fingerprint density at radius 3 is 2.86 bits per heavy atom. The third kappa shape index (κ3) is 2.40. The minimum Gasteiger partial charge on any atom is -0.478 e. The van der Waals surface area contributed by atoms with Crippen LogP contribution in [0.1, 0.15) is 36.1 Å². The zero-order chi connectivity index (χ0) is 15.0. The lowest BCUT2D eigenvalue weighted by molar-refractivity contribution is 0.0697. The third-order valence-corrected chi connectivity index (χ3v) is 3.47. The van der Waals surface area contributed by atoms with Gasteiger partial charge in [-0.25, -0.2) is 14.5 Å². The molecule has 0 saturated heterocycles. The molecule has 2 aromatic heterocycles. The van der Waals surface area contributed by atoms with Gasteiger partial charge in [-0.15, -0.1) is 0 Å². The van der Waals surface area contributed by atoms with E-state index in [0.29, 0.717) is 12.1 Å². The lowest BCUT2D eigenvalue weighted by Crippen LogP contribution is -2.11. The minimum absolute atomic E-state index is 0.253. The van der Waals surface area contributed by atoms with Crippen molar-refractivity contribution >= 4 is 16.9 Å². The fourth-order valence-corrected chi connectivity index (χ4v) is 2.44. The quantitative estimate of drug-likeness (QED) is 0.799. The first kappa shape index (κ1) is 13.4. The van der Waals surface area contributed by atoms with Crippen LogP contribution in [0.3, 0.4) is 0 Å². The van der Waals surface area contributed by atoms with Crippen LogP contribution < -0.4 is 0 Å². The summed E-state index contributed by atoms with van der Waals surface area (Å²) in [5.74, 6) is -0.0333. The van der Waals surface area contributed by atoms with Crippen molar-refractivity contribution < 1.29 is 9.90 Å². The van der Waals surface area contributed by atoms with Crippen molar-refractivity contribution in [3.63, 3.8) is 0 Å². The molecule has 108 valence electrons. The van der Waals surface area contributed by atoms with Gasteiger partial charge in [0.15, 0.2) is 0 Å². The number of benzene rings is 1. The Hall–Kier alpha value is -2.63. The van der Waals surface area contributed by atoms with Gasteiger partial charge in [0.2, 0.25) is 0 Å². The van der Waals surface area contributed by atoms with Gasteiger partial charge in [0.1, 0.15) is 12.2 Å². The summed E-state index contributed by atoms with van der Waals surface area (Å²) in [6.45, 7) is 4.73. The Labute approximate surface area is 121 Å². The fourth-order valence-electron chi connectivity index (χ4n) is 2.44. The van der Waals surface area contributed by atoms with E-state index in [1.165, 1.54) is 0 Å². The Bertz CT molecular complexity index is 801. The van der Waals surface area contributed by atoms with E-state index in [4.69, 9.17) is 5.11 Å². The summed E-state index contributed by atoms with van der Waals surface area (Å²) in [4.78, 5) is 15.3. The van der Waals surface area contributed by atoms with E-state index in [0.717, 1.165) is 16.7 Å². The molecule has 0 aliphatic rings. The fraction of sp³-hybridized carbons (Fsp3) is 0.267. The standard InChI is InChI=1S/C15H16N4O2/c1-10(2)19-14(16-9-17-19)8-18-6-5-11-7-12(15(20)21)3-4-13(11)18/h3-7,9-10H,8H2,1-2H3,(H,20,21). The van der Waals surface area contributed by atoms with E-state index in [2.05, 4.69) is 23.9 Å². The molecule has 0 spiro atoms. The van der Waals surface area contributed by atoms with Crippen LogP contribution >= 0.6 is 0 Å². The second-order valence-corrected chi connectivity index (χ2v) is 5.24. The first-order valence-corrected chi connectivity index (χ1v) is 6.77. The Kier molecular flexibility index (Phi) is 3.21. The lowest BCUT2D eigenvalue weighted by atomic mass is 10.1. The molecule has 21 heavy (non-hydrogen) atoms. The monoisotopic (exact) mass is 284 g/mol. The van der Waals surface area contributed by atoms with Crippen LogP contribution in [0.25, 0.3) is 10.9 Å². The highest BCUT2D eigenvalue weighted by atomic mass is 16.4. The van der Waals surface area contributed by atoms with Crippen LogP contribution in [0.2, 0.25) is 0 Å². The highest BCUT2D eigenvalue weighted by molar-refractivity contribution is 5.93. The van der Waals surface area contributed by atoms with E-state index in [1.54, 1.807) is 18.5 Å². The van der Waals surface area contributed by atoms with E-state index in [-0.39, 0.29) is 6.04 Å². The normalized spacial score (nSPS) is 11.4. The van der Waals surface area contributed by atoms with Crippen molar-refractivity contribution in [1.29, 1.82) is 0 Å². The molecular formula is C15H16N4O2. The molecule has 6 nitrogen and oxygen atoms in total. The van der Waals surface area contributed by atoms with Gasteiger partial charge >= 0.3 is 5.97 Å². The van der Waals surface area contributed by atoms with Crippen LogP contribution in [-0.4, -0.2) is 30.4 Å². The molecule has 0 aliphatic carbocycles. The predicted octanol–water partition coefficient (Wildman–Crippen LogP) is 2.56. The summed E-state index contributed by atoms with van der Waals surface area (Å²) in [7, 11) is 0. The summed E-state index contributed by atoms with van der Waals surface area (Å²) < 4.78 is 3.93. The van der Waals surface area contributed by atoms with E-state index < -0.39 is 5.97 Å². The second kappa shape index (κ2) is 5.05. The molecular weight excluding hydrogens is 268 g/mol. The van der Waals surface area contributed by atoms with Gasteiger partial charge in [-0.3, -0.25) is 0 Å². The molecule has 0 bridgehead atoms. The van der Waals surface area contributed by atoms with Crippen LogP contribution in [0.5, 0.6) is 0 Å². The van der Waals surface area contributed by atoms with Gasteiger partial charge < -0.3 is 9.67 Å². The molecule has 0 aliphatic heterocycles. The zero-order valence-electron chi connectivity index (χ0n) is 11.9. The number of carbonyl (C=O) groups is 1. The maximum Gasteiger partial charge on any atom is 0.335 e. The van der Waals surface area contributed by atoms with Gasteiger partial charge in [0.25, 0.3) is 0 Å². The number of fused-ring (bicyclic) bond motifs is 1. The molecule has 0 unspecified atom stereocenters. The summed E-state index contributed by atoms with van der Waals surface area (Å²) in [5, 5.41) is 14.2. The SMILES string of the molecule is CC(C)n1ncnc1Cn1ccc2cc(C(=O)O)ccc21. The molecule has 6 heteroatoms. The topological polar surface area (TPSA) is 72.9 Å². The van der Waals surface area contributed by atoms with Crippen LogP contribution in [-0.2, 0) is 6.54 Å². The van der Waals surface area contributed by atoms with Gasteiger partial charge in [-0.1, -0.05) is 0 Å². The third-order valence-electron chi connectivity index (χ3n) is 3.47. The Morgan fingerprint density at radius 1 is 1.33 bits per heavy atom. The highest BCUT2D eigenvalue weighted by Crippen LogP contribution is 2.19. The molecule has 0 atom stereocenters. The number of rotatable bonds is 4. The molecule has 0 saturated carbocycles. The minimum atomic E-state index is -0.913. The van der Waals surface area contributed by atoms with Crippen molar-refractivity contribution in [2.24, 2.45) is 0 Å². The summed E-state index contributed by atoms with van der Waals surface area (Å²) in [6.07, 6.45) is 3.50. The molecule has 1 aromatic carbocycles. The van der Waals surface area contributed by atoms with E-state index >= 15 is 0 Å². The molecule has 2 heterocycles. The summed E-state index contributed by atoms with van der Waals surface area (Å²) in [5.41, 5.74) is 1.28. The number of carboxylic acid groups (broad SMARTS) is 1. The number of aromatic carboxylic acids is 1.